The predicted octanol–water partition coefficient (Wildman–Crippen LogP) is 5.30. The van der Waals surface area contributed by atoms with Crippen LogP contribution in [0.5, 0.6) is 0 Å². The van der Waals surface area contributed by atoms with Crippen LogP contribution in [-0.2, 0) is 22.6 Å². The van der Waals surface area contributed by atoms with Gasteiger partial charge in [0.05, 0.1) is 23.3 Å². The minimum absolute atomic E-state index is 0.124. The van der Waals surface area contributed by atoms with Gasteiger partial charge in [-0.3, -0.25) is 4.79 Å². The second-order valence-corrected chi connectivity index (χ2v) is 11.2. The fourth-order valence-electron chi connectivity index (χ4n) is 3.68. The summed E-state index contributed by atoms with van der Waals surface area (Å²) < 4.78 is 7.96. The van der Waals surface area contributed by atoms with E-state index in [9.17, 15) is 4.79 Å². The highest BCUT2D eigenvalue weighted by Crippen LogP contribution is 2.41. The van der Waals surface area contributed by atoms with Crippen molar-refractivity contribution in [2.45, 2.75) is 42.8 Å². The first-order chi connectivity index (χ1) is 15.3. The van der Waals surface area contributed by atoms with Crippen LogP contribution in [0.15, 0.2) is 34.6 Å². The molecule has 0 unspecified atom stereocenters. The number of carbonyl (C=O) groups excluding carboxylic acids is 1. The number of hydrogen-bond acceptors (Lipinski definition) is 8. The Kier molecular flexibility index (Phi) is 5.83. The third kappa shape index (κ3) is 4.10. The molecule has 1 aliphatic rings. The van der Waals surface area contributed by atoms with Crippen molar-refractivity contribution < 1.29 is 9.53 Å². The van der Waals surface area contributed by atoms with Crippen LogP contribution in [0.1, 0.15) is 24.3 Å². The van der Waals surface area contributed by atoms with Crippen molar-refractivity contribution in [1.29, 1.82) is 0 Å². The first-order valence-corrected chi connectivity index (χ1v) is 13.3. The molecular formula is C21H20ClN5O2S3. The van der Waals surface area contributed by atoms with Crippen LogP contribution in [0, 0.1) is 0 Å². The van der Waals surface area contributed by atoms with Gasteiger partial charge < -0.3 is 10.1 Å². The SMILES string of the molecule is CSc1nc2sc3c(c2c2nnc(SCC(=O)Nc4ccc(Cl)cc4)n12)CC(C)(C)OC3. The molecule has 0 saturated carbocycles. The first kappa shape index (κ1) is 22.0. The number of thioether (sulfide) groups is 2. The number of aromatic nitrogens is 4. The number of hydrogen-bond donors (Lipinski definition) is 1. The Morgan fingerprint density at radius 2 is 2.06 bits per heavy atom. The molecule has 5 rings (SSSR count). The highest BCUT2D eigenvalue weighted by Gasteiger charge is 2.31. The number of nitrogens with one attached hydrogen (secondary N) is 1. The smallest absolute Gasteiger partial charge is 0.234 e. The van der Waals surface area contributed by atoms with Crippen molar-refractivity contribution in [3.05, 3.63) is 39.7 Å². The van der Waals surface area contributed by atoms with Gasteiger partial charge in [0.1, 0.15) is 4.83 Å². The lowest BCUT2D eigenvalue weighted by Gasteiger charge is -2.30. The van der Waals surface area contributed by atoms with Crippen LogP contribution in [0.3, 0.4) is 0 Å². The van der Waals surface area contributed by atoms with Gasteiger partial charge in [-0.15, -0.1) is 21.5 Å². The van der Waals surface area contributed by atoms with E-state index in [1.54, 1.807) is 35.6 Å². The molecule has 1 aromatic carbocycles. The van der Waals surface area contributed by atoms with Crippen molar-refractivity contribution in [3.8, 4) is 0 Å². The Balaban J connectivity index is 1.46. The maximum Gasteiger partial charge on any atom is 0.234 e. The molecule has 1 N–H and O–H groups in total. The lowest BCUT2D eigenvalue weighted by Crippen LogP contribution is -2.31. The van der Waals surface area contributed by atoms with Crippen molar-refractivity contribution in [1.82, 2.24) is 19.6 Å². The zero-order valence-electron chi connectivity index (χ0n) is 17.6. The van der Waals surface area contributed by atoms with Crippen LogP contribution in [0.2, 0.25) is 5.02 Å². The van der Waals surface area contributed by atoms with Gasteiger partial charge in [-0.25, -0.2) is 9.38 Å². The van der Waals surface area contributed by atoms with Gasteiger partial charge in [-0.1, -0.05) is 35.1 Å². The second kappa shape index (κ2) is 8.49. The Labute approximate surface area is 202 Å². The monoisotopic (exact) mass is 505 g/mol. The minimum Gasteiger partial charge on any atom is -0.370 e. The highest BCUT2D eigenvalue weighted by molar-refractivity contribution is 8.00. The number of amides is 1. The molecule has 166 valence electrons. The quantitative estimate of drug-likeness (QED) is 0.291. The number of halogens is 1. The summed E-state index contributed by atoms with van der Waals surface area (Å²) in [5.74, 6) is 0.0818. The van der Waals surface area contributed by atoms with E-state index in [4.69, 9.17) is 21.3 Å². The maximum absolute atomic E-state index is 12.5. The van der Waals surface area contributed by atoms with E-state index in [2.05, 4.69) is 29.4 Å². The Morgan fingerprint density at radius 3 is 2.81 bits per heavy atom. The Morgan fingerprint density at radius 1 is 1.28 bits per heavy atom. The lowest BCUT2D eigenvalue weighted by molar-refractivity contribution is -0.113. The fourth-order valence-corrected chi connectivity index (χ4v) is 6.29. The third-order valence-corrected chi connectivity index (χ3v) is 8.08. The minimum atomic E-state index is -0.229. The van der Waals surface area contributed by atoms with E-state index < -0.39 is 0 Å². The molecule has 0 atom stereocenters. The average molecular weight is 506 g/mol. The number of thiophene rings is 1. The summed E-state index contributed by atoms with van der Waals surface area (Å²) in [6, 6.07) is 7.03. The van der Waals surface area contributed by atoms with E-state index in [1.165, 1.54) is 34.0 Å². The van der Waals surface area contributed by atoms with Crippen LogP contribution in [0.4, 0.5) is 5.69 Å². The van der Waals surface area contributed by atoms with Gasteiger partial charge in [0.25, 0.3) is 0 Å². The standard InChI is InChI=1S/C21H20ClN5O2S3/c1-21(2)8-13-14(9-29-21)32-18-16(13)17-25-26-20(27(17)19(24-18)30-3)31-10-15(28)23-12-6-4-11(22)5-7-12/h4-7H,8-10H2,1-3H3,(H,23,28). The molecule has 1 aliphatic heterocycles. The van der Waals surface area contributed by atoms with Crippen molar-refractivity contribution >= 4 is 73.9 Å². The number of carbonyl (C=O) groups is 1. The molecule has 7 nitrogen and oxygen atoms in total. The molecule has 0 bridgehead atoms. The normalized spacial score (nSPS) is 15.2. The summed E-state index contributed by atoms with van der Waals surface area (Å²) >= 11 is 10.4. The zero-order valence-corrected chi connectivity index (χ0v) is 20.8. The zero-order chi connectivity index (χ0) is 22.5. The number of ether oxygens (including phenoxy) is 1. The summed E-state index contributed by atoms with van der Waals surface area (Å²) in [7, 11) is 0. The Hall–Kier alpha value is -1.85. The second-order valence-electron chi connectivity index (χ2n) is 7.99. The molecule has 0 fully saturated rings. The number of benzene rings is 1. The van der Waals surface area contributed by atoms with E-state index >= 15 is 0 Å². The molecule has 32 heavy (non-hydrogen) atoms. The molecule has 1 amide bonds. The summed E-state index contributed by atoms with van der Waals surface area (Å²) in [5.41, 5.74) is 2.51. The average Bonchev–Trinajstić information content (AvgIpc) is 3.33. The summed E-state index contributed by atoms with van der Waals surface area (Å²) in [5, 5.41) is 14.9. The van der Waals surface area contributed by atoms with Crippen molar-refractivity contribution in [2.24, 2.45) is 0 Å². The van der Waals surface area contributed by atoms with Crippen LogP contribution in [-0.4, -0.2) is 43.1 Å². The molecule has 4 aromatic rings. The molecule has 0 aliphatic carbocycles. The van der Waals surface area contributed by atoms with Crippen LogP contribution >= 0.6 is 46.5 Å². The number of fused-ring (bicyclic) bond motifs is 5. The molecular weight excluding hydrogens is 486 g/mol. The van der Waals surface area contributed by atoms with Gasteiger partial charge in [0, 0.05) is 22.0 Å². The third-order valence-electron chi connectivity index (χ3n) is 5.16. The topological polar surface area (TPSA) is 81.4 Å². The van der Waals surface area contributed by atoms with E-state index in [1.807, 2.05) is 10.7 Å². The number of nitrogens with zero attached hydrogens (tertiary/aromatic N) is 4. The van der Waals surface area contributed by atoms with Gasteiger partial charge in [0.15, 0.2) is 16.0 Å². The van der Waals surface area contributed by atoms with E-state index in [0.29, 0.717) is 22.5 Å². The first-order valence-electron chi connectivity index (χ1n) is 9.90. The van der Waals surface area contributed by atoms with Gasteiger partial charge in [-0.2, -0.15) is 0 Å². The Bertz CT molecular complexity index is 1330. The van der Waals surface area contributed by atoms with Gasteiger partial charge >= 0.3 is 0 Å². The summed E-state index contributed by atoms with van der Waals surface area (Å²) in [4.78, 5) is 19.5. The molecule has 4 heterocycles. The predicted molar refractivity (Wildman–Crippen MR) is 131 cm³/mol. The summed E-state index contributed by atoms with van der Waals surface area (Å²) in [6.45, 7) is 4.79. The summed E-state index contributed by atoms with van der Waals surface area (Å²) in [6.07, 6.45) is 2.78. The van der Waals surface area contributed by atoms with Gasteiger partial charge in [0.2, 0.25) is 5.91 Å². The molecule has 0 saturated heterocycles. The van der Waals surface area contributed by atoms with E-state index in [0.717, 1.165) is 27.4 Å². The fraction of sp³-hybridized carbons (Fsp3) is 0.333. The molecule has 0 spiro atoms. The van der Waals surface area contributed by atoms with Gasteiger partial charge in [-0.05, 0) is 49.9 Å². The number of anilines is 1. The molecule has 3 aromatic heterocycles. The maximum atomic E-state index is 12.5. The van der Waals surface area contributed by atoms with Crippen LogP contribution in [0.25, 0.3) is 15.9 Å². The largest absolute Gasteiger partial charge is 0.370 e. The van der Waals surface area contributed by atoms with Crippen molar-refractivity contribution in [2.75, 3.05) is 17.3 Å². The lowest BCUT2D eigenvalue weighted by atomic mass is 9.94. The highest BCUT2D eigenvalue weighted by atomic mass is 35.5. The molecule has 0 radical (unpaired) electrons. The van der Waals surface area contributed by atoms with E-state index in [-0.39, 0.29) is 17.3 Å². The number of rotatable bonds is 5. The van der Waals surface area contributed by atoms with Crippen LogP contribution < -0.4 is 5.32 Å². The molecule has 11 heteroatoms. The van der Waals surface area contributed by atoms with Crippen molar-refractivity contribution in [3.63, 3.8) is 0 Å².